The number of rotatable bonds is 5. The first-order chi connectivity index (χ1) is 12.0. The Morgan fingerprint density at radius 3 is 2.56 bits per heavy atom. The zero-order chi connectivity index (χ0) is 18.2. The summed E-state index contributed by atoms with van der Waals surface area (Å²) in [4.78, 5) is 23.6. The molecule has 8 heteroatoms. The molecule has 2 aromatic rings. The van der Waals surface area contributed by atoms with Crippen molar-refractivity contribution in [3.05, 3.63) is 53.1 Å². The van der Waals surface area contributed by atoms with Gasteiger partial charge in [0.05, 0.1) is 25.5 Å². The highest BCUT2D eigenvalue weighted by Crippen LogP contribution is 2.27. The van der Waals surface area contributed by atoms with Crippen molar-refractivity contribution < 1.29 is 19.1 Å². The first-order valence-electron chi connectivity index (χ1n) is 7.15. The van der Waals surface area contributed by atoms with E-state index in [9.17, 15) is 9.59 Å². The fourth-order valence-electron chi connectivity index (χ4n) is 1.87. The fourth-order valence-corrected chi connectivity index (χ4v) is 2.13. The molecule has 2 rings (SSSR count). The molecule has 0 heterocycles. The standard InChI is InChI=1S/C17H16ClN3O4/c1-24-13-5-3-4-11(8-13)10-19-21-17(23)16(22)20-12-6-7-15(25-2)14(18)9-12/h3-10H,1-2H3,(H,20,22)(H,21,23)/b19-10-. The molecule has 0 unspecified atom stereocenters. The van der Waals surface area contributed by atoms with Crippen LogP contribution in [0.2, 0.25) is 5.02 Å². The fraction of sp³-hybridized carbons (Fsp3) is 0.118. The first-order valence-corrected chi connectivity index (χ1v) is 7.53. The number of amides is 2. The van der Waals surface area contributed by atoms with Gasteiger partial charge in [-0.2, -0.15) is 5.10 Å². The topological polar surface area (TPSA) is 89.0 Å². The van der Waals surface area contributed by atoms with Crippen LogP contribution in [0.5, 0.6) is 11.5 Å². The van der Waals surface area contributed by atoms with Gasteiger partial charge in [-0.3, -0.25) is 9.59 Å². The quantitative estimate of drug-likeness (QED) is 0.486. The molecule has 0 saturated carbocycles. The lowest BCUT2D eigenvalue weighted by atomic mass is 10.2. The van der Waals surface area contributed by atoms with Crippen molar-refractivity contribution in [2.75, 3.05) is 19.5 Å². The molecular weight excluding hydrogens is 346 g/mol. The Morgan fingerprint density at radius 2 is 1.88 bits per heavy atom. The summed E-state index contributed by atoms with van der Waals surface area (Å²) >= 11 is 5.96. The van der Waals surface area contributed by atoms with E-state index < -0.39 is 11.8 Å². The minimum atomic E-state index is -0.911. The van der Waals surface area contributed by atoms with Gasteiger partial charge >= 0.3 is 11.8 Å². The SMILES string of the molecule is COc1cccc(/C=N\NC(=O)C(=O)Nc2ccc(OC)c(Cl)c2)c1. The average molecular weight is 362 g/mol. The van der Waals surface area contributed by atoms with Crippen LogP contribution < -0.4 is 20.2 Å². The van der Waals surface area contributed by atoms with Crippen molar-refractivity contribution >= 4 is 35.3 Å². The first kappa shape index (κ1) is 18.3. The van der Waals surface area contributed by atoms with Crippen molar-refractivity contribution in [1.29, 1.82) is 0 Å². The van der Waals surface area contributed by atoms with E-state index in [1.165, 1.54) is 19.4 Å². The van der Waals surface area contributed by atoms with Gasteiger partial charge < -0.3 is 14.8 Å². The van der Waals surface area contributed by atoms with E-state index in [1.54, 1.807) is 43.5 Å². The van der Waals surface area contributed by atoms with Crippen LogP contribution in [-0.4, -0.2) is 32.2 Å². The lowest BCUT2D eigenvalue weighted by molar-refractivity contribution is -0.136. The van der Waals surface area contributed by atoms with E-state index in [2.05, 4.69) is 15.8 Å². The van der Waals surface area contributed by atoms with Gasteiger partial charge in [-0.25, -0.2) is 5.43 Å². The van der Waals surface area contributed by atoms with Crippen LogP contribution in [0, 0.1) is 0 Å². The molecule has 0 aliphatic heterocycles. The molecule has 0 aliphatic carbocycles. The number of halogens is 1. The molecular formula is C17H16ClN3O4. The number of hydrazone groups is 1. The normalized spacial score (nSPS) is 10.4. The van der Waals surface area contributed by atoms with Crippen molar-refractivity contribution in [1.82, 2.24) is 5.43 Å². The van der Waals surface area contributed by atoms with Gasteiger partial charge in [-0.05, 0) is 35.9 Å². The van der Waals surface area contributed by atoms with Gasteiger partial charge in [0.25, 0.3) is 0 Å². The number of benzene rings is 2. The van der Waals surface area contributed by atoms with Crippen LogP contribution in [0.25, 0.3) is 0 Å². The Morgan fingerprint density at radius 1 is 1.08 bits per heavy atom. The summed E-state index contributed by atoms with van der Waals surface area (Å²) in [5, 5.41) is 6.47. The monoisotopic (exact) mass is 361 g/mol. The number of nitrogens with one attached hydrogen (secondary N) is 2. The third kappa shape index (κ3) is 5.22. The molecule has 2 amide bonds. The number of hydrogen-bond donors (Lipinski definition) is 2. The third-order valence-electron chi connectivity index (χ3n) is 3.09. The summed E-state index contributed by atoms with van der Waals surface area (Å²) in [7, 11) is 3.03. The number of nitrogens with zero attached hydrogens (tertiary/aromatic N) is 1. The Kier molecular flexibility index (Phi) is 6.36. The Balaban J connectivity index is 1.92. The van der Waals surface area contributed by atoms with Crippen molar-refractivity contribution in [2.24, 2.45) is 5.10 Å². The molecule has 0 atom stereocenters. The molecule has 25 heavy (non-hydrogen) atoms. The number of ether oxygens (including phenoxy) is 2. The number of hydrogen-bond acceptors (Lipinski definition) is 5. The maximum absolute atomic E-state index is 11.8. The van der Waals surface area contributed by atoms with E-state index in [-0.39, 0.29) is 0 Å². The summed E-state index contributed by atoms with van der Waals surface area (Å²) in [6.45, 7) is 0. The highest BCUT2D eigenvalue weighted by Gasteiger charge is 2.13. The summed E-state index contributed by atoms with van der Waals surface area (Å²) in [5.74, 6) is -0.661. The van der Waals surface area contributed by atoms with E-state index in [0.29, 0.717) is 27.8 Å². The molecule has 0 fully saturated rings. The molecule has 0 saturated heterocycles. The predicted octanol–water partition coefficient (Wildman–Crippen LogP) is 2.45. The minimum Gasteiger partial charge on any atom is -0.497 e. The second kappa shape index (κ2) is 8.70. The largest absolute Gasteiger partial charge is 0.497 e. The number of anilines is 1. The van der Waals surface area contributed by atoms with Crippen molar-refractivity contribution in [3.8, 4) is 11.5 Å². The Hall–Kier alpha value is -3.06. The summed E-state index contributed by atoms with van der Waals surface area (Å²) < 4.78 is 10.1. The van der Waals surface area contributed by atoms with E-state index in [4.69, 9.17) is 21.1 Å². The zero-order valence-electron chi connectivity index (χ0n) is 13.6. The molecule has 2 N–H and O–H groups in total. The van der Waals surface area contributed by atoms with E-state index >= 15 is 0 Å². The van der Waals surface area contributed by atoms with E-state index in [0.717, 1.165) is 0 Å². The van der Waals surface area contributed by atoms with Gasteiger partial charge in [0.1, 0.15) is 11.5 Å². The van der Waals surface area contributed by atoms with Gasteiger partial charge in [-0.15, -0.1) is 0 Å². The van der Waals surface area contributed by atoms with E-state index in [1.807, 2.05) is 0 Å². The van der Waals surface area contributed by atoms with Gasteiger partial charge in [0.2, 0.25) is 0 Å². The predicted molar refractivity (Wildman–Crippen MR) is 95.4 cm³/mol. The lowest BCUT2D eigenvalue weighted by Gasteiger charge is -2.07. The zero-order valence-corrected chi connectivity index (χ0v) is 14.3. The van der Waals surface area contributed by atoms with Crippen molar-refractivity contribution in [2.45, 2.75) is 0 Å². The number of methoxy groups -OCH3 is 2. The van der Waals surface area contributed by atoms with Crippen LogP contribution in [0.15, 0.2) is 47.6 Å². The second-order valence-corrected chi connectivity index (χ2v) is 5.19. The smallest absolute Gasteiger partial charge is 0.329 e. The molecule has 7 nitrogen and oxygen atoms in total. The maximum atomic E-state index is 11.8. The average Bonchev–Trinajstić information content (AvgIpc) is 2.62. The summed E-state index contributed by atoms with van der Waals surface area (Å²) in [6, 6.07) is 11.7. The highest BCUT2D eigenvalue weighted by atomic mass is 35.5. The molecule has 0 bridgehead atoms. The maximum Gasteiger partial charge on any atom is 0.329 e. The second-order valence-electron chi connectivity index (χ2n) is 4.78. The molecule has 0 aliphatic rings. The minimum absolute atomic E-state index is 0.316. The Labute approximate surface area is 149 Å². The van der Waals surface area contributed by atoms with Crippen LogP contribution >= 0.6 is 11.6 Å². The number of carbonyl (C=O) groups is 2. The van der Waals surface area contributed by atoms with Gasteiger partial charge in [0, 0.05) is 5.69 Å². The van der Waals surface area contributed by atoms with Gasteiger partial charge in [-0.1, -0.05) is 23.7 Å². The van der Waals surface area contributed by atoms with Crippen LogP contribution in [0.3, 0.4) is 0 Å². The summed E-state index contributed by atoms with van der Waals surface area (Å²) in [6.07, 6.45) is 1.40. The molecule has 2 aromatic carbocycles. The van der Waals surface area contributed by atoms with Crippen LogP contribution in [0.1, 0.15) is 5.56 Å². The van der Waals surface area contributed by atoms with Crippen LogP contribution in [-0.2, 0) is 9.59 Å². The van der Waals surface area contributed by atoms with Crippen LogP contribution in [0.4, 0.5) is 5.69 Å². The highest BCUT2D eigenvalue weighted by molar-refractivity contribution is 6.40. The third-order valence-corrected chi connectivity index (χ3v) is 3.38. The van der Waals surface area contributed by atoms with Crippen molar-refractivity contribution in [3.63, 3.8) is 0 Å². The molecule has 0 aromatic heterocycles. The number of carbonyl (C=O) groups excluding carboxylic acids is 2. The van der Waals surface area contributed by atoms with Gasteiger partial charge in [0.15, 0.2) is 0 Å². The lowest BCUT2D eigenvalue weighted by Crippen LogP contribution is -2.32. The molecule has 0 radical (unpaired) electrons. The summed E-state index contributed by atoms with van der Waals surface area (Å²) in [5.41, 5.74) is 3.22. The molecule has 130 valence electrons. The Bertz CT molecular complexity index is 808. The molecule has 0 spiro atoms.